The fourth-order valence-corrected chi connectivity index (χ4v) is 3.20. The first-order valence-electron chi connectivity index (χ1n) is 10.9. The van der Waals surface area contributed by atoms with Crippen molar-refractivity contribution in [3.63, 3.8) is 0 Å². The molecule has 0 spiro atoms. The Labute approximate surface area is 195 Å². The first-order chi connectivity index (χ1) is 15.9. The fourth-order valence-electron chi connectivity index (χ4n) is 3.20. The third-order valence-corrected chi connectivity index (χ3v) is 5.09. The highest BCUT2D eigenvalue weighted by Gasteiger charge is 2.12. The van der Waals surface area contributed by atoms with E-state index >= 15 is 0 Å². The van der Waals surface area contributed by atoms with Crippen LogP contribution in [-0.4, -0.2) is 66.4 Å². The molecule has 1 heterocycles. The number of nitrogens with one attached hydrogen (secondary N) is 3. The van der Waals surface area contributed by atoms with E-state index in [1.165, 1.54) is 6.21 Å². The predicted molar refractivity (Wildman–Crippen MR) is 133 cm³/mol. The van der Waals surface area contributed by atoms with Crippen LogP contribution in [-0.2, 0) is 0 Å². The highest BCUT2D eigenvalue weighted by atomic mass is 16.3. The summed E-state index contributed by atoms with van der Waals surface area (Å²) in [7, 11) is 1.75. The molecule has 0 aliphatic heterocycles. The van der Waals surface area contributed by atoms with Crippen molar-refractivity contribution in [3.05, 3.63) is 65.0 Å². The van der Waals surface area contributed by atoms with E-state index in [4.69, 9.17) is 11.1 Å². The maximum atomic E-state index is 12.4. The zero-order valence-corrected chi connectivity index (χ0v) is 19.4. The van der Waals surface area contributed by atoms with E-state index in [1.807, 2.05) is 13.8 Å². The van der Waals surface area contributed by atoms with Crippen molar-refractivity contribution < 1.29 is 9.90 Å². The lowest BCUT2D eigenvalue weighted by Crippen LogP contribution is -2.40. The lowest BCUT2D eigenvalue weighted by Gasteiger charge is -2.22. The van der Waals surface area contributed by atoms with E-state index in [1.54, 1.807) is 49.8 Å². The van der Waals surface area contributed by atoms with Crippen LogP contribution in [0.25, 0.3) is 5.57 Å². The van der Waals surface area contributed by atoms with Gasteiger partial charge in [0.25, 0.3) is 5.91 Å². The Morgan fingerprint density at radius 2 is 1.94 bits per heavy atom. The summed E-state index contributed by atoms with van der Waals surface area (Å²) in [5.41, 5.74) is 9.09. The van der Waals surface area contributed by atoms with Crippen LogP contribution in [0.2, 0.25) is 0 Å². The van der Waals surface area contributed by atoms with Crippen LogP contribution in [0.15, 0.2) is 42.7 Å². The molecule has 2 aromatic rings. The number of aliphatic hydroxyl groups is 1. The molecule has 1 aromatic carbocycles. The van der Waals surface area contributed by atoms with Crippen molar-refractivity contribution in [3.8, 4) is 11.8 Å². The zero-order chi connectivity index (χ0) is 24.2. The van der Waals surface area contributed by atoms with Gasteiger partial charge in [-0.2, -0.15) is 0 Å². The van der Waals surface area contributed by atoms with Gasteiger partial charge in [0.2, 0.25) is 0 Å². The standard InChI is InChI=1S/C25H32N6O2/c1-4-31(5-2)17-21(32)16-30-25(33)19-9-6-18(7-10-19)8-11-23-22(12-13-29-24(23)27)20(14-26)15-28-3/h6-7,9-10,12-15,21,26,28,32H,4-5,16-17H2,1-3H3,(H2,27,29)(H,30,33)/b20-15+,26-14?. The Balaban J connectivity index is 2.10. The van der Waals surface area contributed by atoms with Crippen molar-refractivity contribution in [1.82, 2.24) is 20.5 Å². The smallest absolute Gasteiger partial charge is 0.251 e. The van der Waals surface area contributed by atoms with E-state index < -0.39 is 6.10 Å². The molecule has 2 rings (SSSR count). The number of hydrogen-bond acceptors (Lipinski definition) is 7. The average molecular weight is 449 g/mol. The average Bonchev–Trinajstić information content (AvgIpc) is 2.83. The van der Waals surface area contributed by atoms with Gasteiger partial charge in [-0.05, 0) is 43.4 Å². The van der Waals surface area contributed by atoms with Crippen molar-refractivity contribution in [2.45, 2.75) is 20.0 Å². The number of carbonyl (C=O) groups excluding carboxylic acids is 1. The van der Waals surface area contributed by atoms with Crippen LogP contribution in [0, 0.1) is 17.3 Å². The molecule has 8 nitrogen and oxygen atoms in total. The number of allylic oxidation sites excluding steroid dienone is 1. The summed E-state index contributed by atoms with van der Waals surface area (Å²) in [6, 6.07) is 8.64. The molecule has 0 aliphatic carbocycles. The van der Waals surface area contributed by atoms with Gasteiger partial charge in [-0.15, -0.1) is 0 Å². The number of nitrogens with zero attached hydrogens (tertiary/aromatic N) is 2. The van der Waals surface area contributed by atoms with Gasteiger partial charge in [-0.25, -0.2) is 4.98 Å². The molecule has 6 N–H and O–H groups in total. The number of amides is 1. The summed E-state index contributed by atoms with van der Waals surface area (Å²) in [5, 5.41) is 23.4. The molecular formula is C25H32N6O2. The molecule has 1 amide bonds. The minimum Gasteiger partial charge on any atom is -0.393 e. The SMILES string of the molecule is CCN(CC)CC(O)CNC(=O)c1ccc(C#Cc2c(/C(C=N)=C/NC)ccnc2N)cc1. The number of anilines is 1. The highest BCUT2D eigenvalue weighted by Crippen LogP contribution is 2.20. The van der Waals surface area contributed by atoms with Crippen LogP contribution in [0.3, 0.4) is 0 Å². The Bertz CT molecular complexity index is 1030. The van der Waals surface area contributed by atoms with Gasteiger partial charge in [0, 0.05) is 61.0 Å². The predicted octanol–water partition coefficient (Wildman–Crippen LogP) is 1.71. The van der Waals surface area contributed by atoms with E-state index in [-0.39, 0.29) is 18.3 Å². The first-order valence-corrected chi connectivity index (χ1v) is 10.9. The highest BCUT2D eigenvalue weighted by molar-refractivity contribution is 6.09. The van der Waals surface area contributed by atoms with Crippen LogP contribution in [0.4, 0.5) is 5.82 Å². The molecule has 33 heavy (non-hydrogen) atoms. The van der Waals surface area contributed by atoms with Crippen LogP contribution in [0.1, 0.15) is 40.9 Å². The summed E-state index contributed by atoms with van der Waals surface area (Å²) in [4.78, 5) is 18.6. The van der Waals surface area contributed by atoms with Crippen molar-refractivity contribution in [2.24, 2.45) is 0 Å². The van der Waals surface area contributed by atoms with Gasteiger partial charge < -0.3 is 31.8 Å². The number of rotatable bonds is 10. The molecule has 1 atom stereocenters. The maximum Gasteiger partial charge on any atom is 0.251 e. The number of nitrogen functional groups attached to an aromatic ring is 1. The molecule has 174 valence electrons. The van der Waals surface area contributed by atoms with E-state index in [9.17, 15) is 9.90 Å². The van der Waals surface area contributed by atoms with Gasteiger partial charge in [-0.1, -0.05) is 25.7 Å². The van der Waals surface area contributed by atoms with Crippen molar-refractivity contribution in [2.75, 3.05) is 39.0 Å². The van der Waals surface area contributed by atoms with E-state index in [2.05, 4.69) is 32.4 Å². The van der Waals surface area contributed by atoms with Gasteiger partial charge in [-0.3, -0.25) is 4.79 Å². The fraction of sp³-hybridized carbons (Fsp3) is 0.320. The van der Waals surface area contributed by atoms with Gasteiger partial charge in [0.1, 0.15) is 5.82 Å². The Morgan fingerprint density at radius 1 is 1.24 bits per heavy atom. The minimum atomic E-state index is -0.624. The van der Waals surface area contributed by atoms with Gasteiger partial charge >= 0.3 is 0 Å². The van der Waals surface area contributed by atoms with E-state index in [0.717, 1.165) is 13.1 Å². The number of hydrogen-bond donors (Lipinski definition) is 5. The maximum absolute atomic E-state index is 12.4. The molecule has 0 aliphatic rings. The lowest BCUT2D eigenvalue weighted by molar-refractivity contribution is 0.0869. The number of carbonyl (C=O) groups is 1. The molecule has 0 radical (unpaired) electrons. The van der Waals surface area contributed by atoms with Gasteiger partial charge in [0.15, 0.2) is 0 Å². The second-order valence-electron chi connectivity index (χ2n) is 7.33. The number of pyridine rings is 1. The molecule has 0 bridgehead atoms. The Hall–Kier alpha value is -3.67. The number of benzene rings is 1. The quantitative estimate of drug-likeness (QED) is 0.278. The normalized spacial score (nSPS) is 12.0. The number of likely N-dealkylation sites (N-methyl/N-ethyl adjacent to an activating group) is 1. The number of aliphatic hydroxyl groups excluding tert-OH is 1. The summed E-state index contributed by atoms with van der Waals surface area (Å²) in [5.74, 6) is 6.12. The molecule has 0 saturated heterocycles. The van der Waals surface area contributed by atoms with Crippen LogP contribution in [0.5, 0.6) is 0 Å². The largest absolute Gasteiger partial charge is 0.393 e. The molecule has 0 fully saturated rings. The van der Waals surface area contributed by atoms with Gasteiger partial charge in [0.05, 0.1) is 11.7 Å². The Kier molecular flexibility index (Phi) is 10.1. The summed E-state index contributed by atoms with van der Waals surface area (Å²) in [6.45, 7) is 6.48. The molecular weight excluding hydrogens is 416 g/mol. The topological polar surface area (TPSA) is 127 Å². The number of aromatic nitrogens is 1. The lowest BCUT2D eigenvalue weighted by atomic mass is 10.0. The third-order valence-electron chi connectivity index (χ3n) is 5.09. The van der Waals surface area contributed by atoms with Crippen LogP contribution < -0.4 is 16.4 Å². The molecule has 1 unspecified atom stereocenters. The summed E-state index contributed by atoms with van der Waals surface area (Å²) < 4.78 is 0. The van der Waals surface area contributed by atoms with Crippen molar-refractivity contribution >= 4 is 23.5 Å². The monoisotopic (exact) mass is 448 g/mol. The summed E-state index contributed by atoms with van der Waals surface area (Å²) >= 11 is 0. The minimum absolute atomic E-state index is 0.190. The number of nitrogens with two attached hydrogens (primary N) is 1. The second-order valence-corrected chi connectivity index (χ2v) is 7.33. The van der Waals surface area contributed by atoms with E-state index in [0.29, 0.717) is 34.4 Å². The second kappa shape index (κ2) is 13.0. The first kappa shape index (κ1) is 25.6. The molecule has 0 saturated carbocycles. The zero-order valence-electron chi connectivity index (χ0n) is 19.4. The summed E-state index contributed by atoms with van der Waals surface area (Å²) in [6.07, 6.45) is 3.87. The molecule has 8 heteroatoms. The molecule has 1 aromatic heterocycles. The van der Waals surface area contributed by atoms with Crippen molar-refractivity contribution in [1.29, 1.82) is 5.41 Å². The Morgan fingerprint density at radius 3 is 2.55 bits per heavy atom. The third kappa shape index (κ3) is 7.45. The van der Waals surface area contributed by atoms with Crippen LogP contribution >= 0.6 is 0 Å².